The number of benzene rings is 16. The topological polar surface area (TPSA) is 77.3 Å². The Morgan fingerprint density at radius 3 is 1.07 bits per heavy atom. The third kappa shape index (κ3) is 12.1. The van der Waals surface area contributed by atoms with Gasteiger partial charge in [0.1, 0.15) is 0 Å². The van der Waals surface area contributed by atoms with Crippen molar-refractivity contribution in [3.8, 4) is 157 Å². The molecule has 0 bridgehead atoms. The quantitative estimate of drug-likeness (QED) is 0.121. The Bertz CT molecular complexity index is 6350. The predicted octanol–water partition coefficient (Wildman–Crippen LogP) is 26.7. The van der Waals surface area contributed by atoms with Crippen molar-refractivity contribution in [3.63, 3.8) is 0 Å². The Kier molecular flexibility index (Phi) is 16.8. The van der Waals surface area contributed by atoms with Crippen molar-refractivity contribution in [2.45, 2.75) is 38.5 Å². The van der Waals surface area contributed by atoms with Crippen LogP contribution in [0.25, 0.3) is 179 Å². The molecule has 2 aliphatic carbocycles. The molecular weight excluding hydrogens is 1330 g/mol. The van der Waals surface area contributed by atoms with Crippen molar-refractivity contribution in [2.24, 2.45) is 0 Å². The molecule has 2 aliphatic rings. The largest absolute Gasteiger partial charge is 0.208 e. The number of hydrogen-bond acceptors (Lipinski definition) is 6. The first kappa shape index (κ1) is 66.7. The van der Waals surface area contributed by atoms with Gasteiger partial charge in [0.25, 0.3) is 0 Å². The predicted molar refractivity (Wildman–Crippen MR) is 455 cm³/mol. The van der Waals surface area contributed by atoms with Gasteiger partial charge in [-0.2, -0.15) is 0 Å². The molecule has 0 saturated carbocycles. The number of hydrogen-bond donors (Lipinski definition) is 0. The lowest BCUT2D eigenvalue weighted by Gasteiger charge is -2.23. The molecule has 2 heterocycles. The minimum atomic E-state index is -0.120. The van der Waals surface area contributed by atoms with Crippen molar-refractivity contribution < 1.29 is 0 Å². The molecule has 0 aliphatic heterocycles. The van der Waals surface area contributed by atoms with Crippen LogP contribution in [0.5, 0.6) is 0 Å². The lowest BCUT2D eigenvalue weighted by atomic mass is 9.79. The van der Waals surface area contributed by atoms with E-state index in [1.165, 1.54) is 77.2 Å². The van der Waals surface area contributed by atoms with Crippen LogP contribution in [0.3, 0.4) is 0 Å². The lowest BCUT2D eigenvalue weighted by Crippen LogP contribution is -2.15. The first-order chi connectivity index (χ1) is 54.0. The Balaban J connectivity index is 0.000000149. The van der Waals surface area contributed by atoms with Crippen LogP contribution in [0.2, 0.25) is 0 Å². The molecule has 16 aromatic carbocycles. The van der Waals surface area contributed by atoms with E-state index in [2.05, 4.69) is 380 Å². The monoisotopic (exact) mass is 1410 g/mol. The van der Waals surface area contributed by atoms with E-state index >= 15 is 0 Å². The molecule has 6 heteroatoms. The molecule has 0 spiro atoms. The highest BCUT2D eigenvalue weighted by molar-refractivity contribution is 6.09. The zero-order valence-corrected chi connectivity index (χ0v) is 61.5. The molecule has 520 valence electrons. The summed E-state index contributed by atoms with van der Waals surface area (Å²) in [4.78, 5) is 30.9. The van der Waals surface area contributed by atoms with Crippen molar-refractivity contribution in [2.75, 3.05) is 0 Å². The molecule has 0 saturated heterocycles. The maximum absolute atomic E-state index is 5.20. The van der Waals surface area contributed by atoms with Gasteiger partial charge in [-0.1, -0.05) is 380 Å². The second-order valence-electron chi connectivity index (χ2n) is 29.6. The second-order valence-corrected chi connectivity index (χ2v) is 29.6. The van der Waals surface area contributed by atoms with E-state index in [0.717, 1.165) is 89.0 Å². The Hall–Kier alpha value is -13.9. The van der Waals surface area contributed by atoms with E-state index in [1.54, 1.807) is 0 Å². The molecule has 20 rings (SSSR count). The molecule has 0 amide bonds. The van der Waals surface area contributed by atoms with Crippen molar-refractivity contribution in [1.82, 2.24) is 29.9 Å². The smallest absolute Gasteiger partial charge is 0.164 e. The fraction of sp³-hybridized carbons (Fsp3) is 0.0577. The van der Waals surface area contributed by atoms with Crippen LogP contribution < -0.4 is 0 Å². The van der Waals surface area contributed by atoms with Crippen LogP contribution in [0.1, 0.15) is 49.9 Å². The summed E-state index contributed by atoms with van der Waals surface area (Å²) in [7, 11) is 0. The van der Waals surface area contributed by atoms with E-state index in [1.807, 2.05) is 24.3 Å². The van der Waals surface area contributed by atoms with Gasteiger partial charge in [-0.05, 0) is 157 Å². The van der Waals surface area contributed by atoms with Crippen LogP contribution in [0.15, 0.2) is 376 Å². The SMILES string of the molecule is CC1(C)c2cc(-c3ccc(-c4nc(-c5ccccc5-c5ccccc5)nc(-c5ccccc5-c5ccccc5)n4)cc3)ccc2-c2ccc3ccccc3c21.CC1(C)c2ccccc2-c2c1cc(-c1ccc(-c3nc(-c4cccc(-c5ccccc5)c4)nc(-c4cccc(-c5ccccc5)c4)n3)cc1)c1ccccc21. The first-order valence-corrected chi connectivity index (χ1v) is 37.7. The summed E-state index contributed by atoms with van der Waals surface area (Å²) in [5.41, 5.74) is 30.0. The highest BCUT2D eigenvalue weighted by Crippen LogP contribution is 2.55. The Labute approximate surface area is 641 Å². The Morgan fingerprint density at radius 1 is 0.173 bits per heavy atom. The number of rotatable bonds is 12. The summed E-state index contributed by atoms with van der Waals surface area (Å²) < 4.78 is 0. The molecule has 18 aromatic rings. The summed E-state index contributed by atoms with van der Waals surface area (Å²) in [6.07, 6.45) is 0. The van der Waals surface area contributed by atoms with Gasteiger partial charge in [0, 0.05) is 44.2 Å². The van der Waals surface area contributed by atoms with Crippen molar-refractivity contribution >= 4 is 21.5 Å². The summed E-state index contributed by atoms with van der Waals surface area (Å²) in [6, 6.07) is 133. The first-order valence-electron chi connectivity index (χ1n) is 37.7. The van der Waals surface area contributed by atoms with Crippen LogP contribution in [0.4, 0.5) is 0 Å². The third-order valence-electron chi connectivity index (χ3n) is 22.3. The van der Waals surface area contributed by atoms with Crippen molar-refractivity contribution in [1.29, 1.82) is 0 Å². The fourth-order valence-corrected chi connectivity index (χ4v) is 16.7. The molecule has 0 N–H and O–H groups in total. The van der Waals surface area contributed by atoms with Crippen LogP contribution in [0, 0.1) is 0 Å². The van der Waals surface area contributed by atoms with Gasteiger partial charge < -0.3 is 0 Å². The highest BCUT2D eigenvalue weighted by atomic mass is 15.0. The standard InChI is InChI=1S/2C52H37N3/c1-52(2)47-33-39(30-31-43(47)44-32-29-37-19-9-10-22-42(37)48(44)52)34-25-27-38(28-26-34)49-53-50(45-23-13-11-20-40(45)35-15-5-3-6-16-35)55-51(54-49)46-24-14-12-21-41(46)36-17-7-4-8-18-36;1-52(2)46-26-12-11-25-44(46)48-43-24-10-9-23-42(43)45(33-47(48)52)36-27-29-37(30-28-36)49-53-50(40-21-13-19-38(31-40)34-15-5-3-6-16-34)55-51(54-49)41-22-14-20-39(32-41)35-17-7-4-8-18-35/h2*3-33H,1-2H3. The molecule has 0 unspecified atom stereocenters. The molecule has 0 atom stereocenters. The van der Waals surface area contributed by atoms with E-state index in [-0.39, 0.29) is 10.8 Å². The lowest BCUT2D eigenvalue weighted by molar-refractivity contribution is 0.661. The summed E-state index contributed by atoms with van der Waals surface area (Å²) in [6.45, 7) is 9.42. The zero-order valence-electron chi connectivity index (χ0n) is 61.5. The highest BCUT2D eigenvalue weighted by Gasteiger charge is 2.39. The number of aromatic nitrogens is 6. The van der Waals surface area contributed by atoms with Gasteiger partial charge in [0.05, 0.1) is 0 Å². The minimum absolute atomic E-state index is 0.0992. The maximum atomic E-state index is 5.20. The maximum Gasteiger partial charge on any atom is 0.164 e. The molecule has 6 nitrogen and oxygen atoms in total. The average Bonchev–Trinajstić information content (AvgIpc) is 1.55. The van der Waals surface area contributed by atoms with Crippen LogP contribution in [-0.2, 0) is 10.8 Å². The number of fused-ring (bicyclic) bond motifs is 10. The van der Waals surface area contributed by atoms with E-state index in [0.29, 0.717) is 34.9 Å². The normalized spacial score (nSPS) is 12.7. The second kappa shape index (κ2) is 27.8. The van der Waals surface area contributed by atoms with Gasteiger partial charge >= 0.3 is 0 Å². The van der Waals surface area contributed by atoms with E-state index in [9.17, 15) is 0 Å². The molecule has 0 radical (unpaired) electrons. The van der Waals surface area contributed by atoms with E-state index < -0.39 is 0 Å². The van der Waals surface area contributed by atoms with Crippen LogP contribution >= 0.6 is 0 Å². The zero-order chi connectivity index (χ0) is 73.9. The number of nitrogens with zero attached hydrogens (tertiary/aromatic N) is 6. The van der Waals surface area contributed by atoms with Gasteiger partial charge in [-0.25, -0.2) is 29.9 Å². The summed E-state index contributed by atoms with van der Waals surface area (Å²) in [5.74, 6) is 3.82. The van der Waals surface area contributed by atoms with Gasteiger partial charge in [0.15, 0.2) is 34.9 Å². The average molecular weight is 1410 g/mol. The van der Waals surface area contributed by atoms with Gasteiger partial charge in [-0.15, -0.1) is 0 Å². The van der Waals surface area contributed by atoms with Gasteiger partial charge in [0.2, 0.25) is 0 Å². The third-order valence-corrected chi connectivity index (χ3v) is 22.3. The molecule has 2 aromatic heterocycles. The van der Waals surface area contributed by atoms with Gasteiger partial charge in [-0.3, -0.25) is 0 Å². The molecule has 110 heavy (non-hydrogen) atoms. The van der Waals surface area contributed by atoms with Crippen LogP contribution in [-0.4, -0.2) is 29.9 Å². The minimum Gasteiger partial charge on any atom is -0.208 e. The summed E-state index contributed by atoms with van der Waals surface area (Å²) in [5, 5.41) is 5.16. The van der Waals surface area contributed by atoms with Crippen molar-refractivity contribution in [3.05, 3.63) is 398 Å². The van der Waals surface area contributed by atoms with E-state index in [4.69, 9.17) is 29.9 Å². The molecule has 0 fully saturated rings. The fourth-order valence-electron chi connectivity index (χ4n) is 16.7. The Morgan fingerprint density at radius 2 is 0.527 bits per heavy atom. The molecular formula is C104H74N6. The summed E-state index contributed by atoms with van der Waals surface area (Å²) >= 11 is 0.